The largest absolute Gasteiger partial charge is 0.656 e. The molecule has 0 spiro atoms. The molecular formula is C11H24NO2Si-. The average Bonchev–Trinajstić information content (AvgIpc) is 2.49. The summed E-state index contributed by atoms with van der Waals surface area (Å²) in [4.78, 5) is 0. The van der Waals surface area contributed by atoms with Crippen molar-refractivity contribution in [1.82, 2.24) is 0 Å². The molecule has 15 heavy (non-hydrogen) atoms. The van der Waals surface area contributed by atoms with Crippen LogP contribution in [0.4, 0.5) is 0 Å². The van der Waals surface area contributed by atoms with Crippen LogP contribution in [0.25, 0.3) is 5.32 Å². The molecule has 1 aliphatic rings. The van der Waals surface area contributed by atoms with Gasteiger partial charge >= 0.3 is 0 Å². The molecule has 0 bridgehead atoms. The molecule has 0 aromatic carbocycles. The fraction of sp³-hybridized carbons (Fsp3) is 1.00. The summed E-state index contributed by atoms with van der Waals surface area (Å²) in [6, 6.07) is 0.111. The van der Waals surface area contributed by atoms with E-state index in [0.717, 1.165) is 13.0 Å². The first-order valence-corrected chi connectivity index (χ1v) is 8.62. The minimum Gasteiger partial charge on any atom is -0.656 e. The molecule has 1 fully saturated rings. The van der Waals surface area contributed by atoms with Crippen LogP contribution in [0.1, 0.15) is 27.2 Å². The zero-order chi connectivity index (χ0) is 11.7. The second-order valence-electron chi connectivity index (χ2n) is 5.94. The van der Waals surface area contributed by atoms with Crippen LogP contribution in [0.5, 0.6) is 0 Å². The van der Waals surface area contributed by atoms with E-state index in [-0.39, 0.29) is 23.8 Å². The number of rotatable bonds is 3. The molecule has 1 N–H and O–H groups in total. The van der Waals surface area contributed by atoms with Gasteiger partial charge in [-0.05, 0) is 24.6 Å². The van der Waals surface area contributed by atoms with Gasteiger partial charge in [0, 0.05) is 12.7 Å². The Labute approximate surface area is 94.3 Å². The lowest BCUT2D eigenvalue weighted by Crippen LogP contribution is -2.44. The summed E-state index contributed by atoms with van der Waals surface area (Å²) in [5.41, 5.74) is 0. The predicted molar refractivity (Wildman–Crippen MR) is 65.8 cm³/mol. The van der Waals surface area contributed by atoms with E-state index in [0.29, 0.717) is 0 Å². The maximum atomic E-state index is 9.00. The van der Waals surface area contributed by atoms with Crippen molar-refractivity contribution >= 4 is 8.32 Å². The van der Waals surface area contributed by atoms with Crippen LogP contribution < -0.4 is 0 Å². The Morgan fingerprint density at radius 1 is 1.40 bits per heavy atom. The standard InChI is InChI=1S/C11H24NO2Si/c1-11(2,3)15(4,5)14-10-6-9(8-13)12-7-10/h9-10,13H,6-8H2,1-5H3/q-1/t9-,10-/m0/s1. The summed E-state index contributed by atoms with van der Waals surface area (Å²) >= 11 is 0. The first-order chi connectivity index (χ1) is 6.76. The lowest BCUT2D eigenvalue weighted by molar-refractivity contribution is 0.188. The molecule has 0 aliphatic carbocycles. The lowest BCUT2D eigenvalue weighted by Gasteiger charge is -2.39. The van der Waals surface area contributed by atoms with Gasteiger partial charge in [0.2, 0.25) is 0 Å². The Hall–Kier alpha value is 0.0969. The molecule has 3 nitrogen and oxygen atoms in total. The van der Waals surface area contributed by atoms with E-state index in [1.54, 1.807) is 0 Å². The molecule has 1 rings (SSSR count). The SMILES string of the molecule is CC(C)(C)[Si](C)(C)O[C@@H]1C[N-][C@H](CO)C1. The van der Waals surface area contributed by atoms with Gasteiger partial charge in [0.05, 0.1) is 0 Å². The first-order valence-electron chi connectivity index (χ1n) is 5.71. The highest BCUT2D eigenvalue weighted by Crippen LogP contribution is 2.38. The van der Waals surface area contributed by atoms with Crippen molar-refractivity contribution in [3.8, 4) is 0 Å². The third-order valence-electron chi connectivity index (χ3n) is 3.58. The van der Waals surface area contributed by atoms with E-state index in [2.05, 4.69) is 39.2 Å². The van der Waals surface area contributed by atoms with E-state index >= 15 is 0 Å². The molecule has 0 amide bonds. The zero-order valence-electron chi connectivity index (χ0n) is 10.6. The van der Waals surface area contributed by atoms with Crippen molar-refractivity contribution in [3.63, 3.8) is 0 Å². The number of aliphatic hydroxyl groups excluding tert-OH is 1. The van der Waals surface area contributed by atoms with Gasteiger partial charge in [-0.25, -0.2) is 0 Å². The topological polar surface area (TPSA) is 43.6 Å². The summed E-state index contributed by atoms with van der Waals surface area (Å²) in [7, 11) is -1.65. The Bertz CT molecular complexity index is 213. The number of nitrogens with zero attached hydrogens (tertiary/aromatic N) is 1. The number of hydrogen-bond acceptors (Lipinski definition) is 2. The van der Waals surface area contributed by atoms with Crippen LogP contribution in [0.15, 0.2) is 0 Å². The summed E-state index contributed by atoms with van der Waals surface area (Å²) in [6.45, 7) is 12.2. The summed E-state index contributed by atoms with van der Waals surface area (Å²) < 4.78 is 6.23. The van der Waals surface area contributed by atoms with Gasteiger partial charge in [0.25, 0.3) is 0 Å². The molecule has 0 radical (unpaired) electrons. The highest BCUT2D eigenvalue weighted by atomic mass is 28.4. The second-order valence-corrected chi connectivity index (χ2v) is 10.7. The Kier molecular flexibility index (Phi) is 3.98. The molecule has 1 heterocycles. The summed E-state index contributed by atoms with van der Waals surface area (Å²) in [5.74, 6) is 0. The van der Waals surface area contributed by atoms with E-state index in [4.69, 9.17) is 9.53 Å². The number of aliphatic hydroxyl groups is 1. The molecule has 1 saturated heterocycles. The van der Waals surface area contributed by atoms with Crippen molar-refractivity contribution in [2.45, 2.75) is 57.5 Å². The second kappa shape index (κ2) is 4.53. The molecule has 0 saturated carbocycles. The maximum absolute atomic E-state index is 9.00. The van der Waals surface area contributed by atoms with Crippen molar-refractivity contribution in [1.29, 1.82) is 0 Å². The van der Waals surface area contributed by atoms with E-state index in [1.807, 2.05) is 0 Å². The van der Waals surface area contributed by atoms with Crippen LogP contribution >= 0.6 is 0 Å². The molecule has 90 valence electrons. The Morgan fingerprint density at radius 3 is 2.40 bits per heavy atom. The van der Waals surface area contributed by atoms with Crippen molar-refractivity contribution in [2.75, 3.05) is 13.2 Å². The highest BCUT2D eigenvalue weighted by molar-refractivity contribution is 6.74. The quantitative estimate of drug-likeness (QED) is 0.757. The van der Waals surface area contributed by atoms with Crippen molar-refractivity contribution in [2.24, 2.45) is 0 Å². The number of hydrogen-bond donors (Lipinski definition) is 1. The monoisotopic (exact) mass is 230 g/mol. The molecule has 0 aromatic rings. The van der Waals surface area contributed by atoms with Crippen LogP contribution in [0.3, 0.4) is 0 Å². The minimum absolute atomic E-state index is 0.111. The third-order valence-corrected chi connectivity index (χ3v) is 8.12. The van der Waals surface area contributed by atoms with Gasteiger partial charge in [-0.15, -0.1) is 12.6 Å². The molecule has 2 atom stereocenters. The predicted octanol–water partition coefficient (Wildman–Crippen LogP) is 2.52. The first kappa shape index (κ1) is 13.2. The van der Waals surface area contributed by atoms with E-state index in [1.165, 1.54) is 0 Å². The van der Waals surface area contributed by atoms with Crippen LogP contribution in [-0.2, 0) is 4.43 Å². The van der Waals surface area contributed by atoms with E-state index in [9.17, 15) is 0 Å². The van der Waals surface area contributed by atoms with Gasteiger partial charge in [-0.1, -0.05) is 20.8 Å². The maximum Gasteiger partial charge on any atom is 0.192 e. The smallest absolute Gasteiger partial charge is 0.192 e. The summed E-state index contributed by atoms with van der Waals surface area (Å²) in [6.07, 6.45) is 1.13. The van der Waals surface area contributed by atoms with Gasteiger partial charge in [-0.2, -0.15) is 0 Å². The fourth-order valence-corrected chi connectivity index (χ4v) is 2.89. The Balaban J connectivity index is 2.49. The fourth-order valence-electron chi connectivity index (χ4n) is 1.53. The molecule has 0 aromatic heterocycles. The molecule has 1 aliphatic heterocycles. The van der Waals surface area contributed by atoms with Gasteiger partial charge in [0.1, 0.15) is 0 Å². The van der Waals surface area contributed by atoms with Crippen LogP contribution in [0, 0.1) is 0 Å². The van der Waals surface area contributed by atoms with Gasteiger partial charge < -0.3 is 14.8 Å². The Morgan fingerprint density at radius 2 is 2.00 bits per heavy atom. The normalized spacial score (nSPS) is 28.4. The van der Waals surface area contributed by atoms with Gasteiger partial charge in [0.15, 0.2) is 8.32 Å². The van der Waals surface area contributed by atoms with Crippen LogP contribution in [-0.4, -0.2) is 38.7 Å². The summed E-state index contributed by atoms with van der Waals surface area (Å²) in [5, 5.41) is 13.6. The van der Waals surface area contributed by atoms with Gasteiger partial charge in [-0.3, -0.25) is 0 Å². The molecule has 0 unspecified atom stereocenters. The minimum atomic E-state index is -1.65. The zero-order valence-corrected chi connectivity index (χ0v) is 11.6. The highest BCUT2D eigenvalue weighted by Gasteiger charge is 2.39. The molecule has 4 heteroatoms. The van der Waals surface area contributed by atoms with Crippen molar-refractivity contribution < 1.29 is 9.53 Å². The lowest BCUT2D eigenvalue weighted by atomic mass is 10.2. The molecular weight excluding hydrogens is 206 g/mol. The van der Waals surface area contributed by atoms with Crippen LogP contribution in [0.2, 0.25) is 18.1 Å². The van der Waals surface area contributed by atoms with Crippen molar-refractivity contribution in [3.05, 3.63) is 5.32 Å². The van der Waals surface area contributed by atoms with E-state index < -0.39 is 8.32 Å². The third kappa shape index (κ3) is 3.28. The average molecular weight is 230 g/mol.